The van der Waals surface area contributed by atoms with Crippen molar-refractivity contribution in [1.29, 1.82) is 0 Å². The van der Waals surface area contributed by atoms with Gasteiger partial charge in [0.05, 0.1) is 18.6 Å². The van der Waals surface area contributed by atoms with E-state index in [1.165, 1.54) is 38.3 Å². The molecule has 30 heavy (non-hydrogen) atoms. The predicted octanol–water partition coefficient (Wildman–Crippen LogP) is 3.22. The van der Waals surface area contributed by atoms with Gasteiger partial charge in [0.15, 0.2) is 5.78 Å². The molecule has 5 nitrogen and oxygen atoms in total. The second kappa shape index (κ2) is 9.43. The molecule has 2 heterocycles. The van der Waals surface area contributed by atoms with Crippen LogP contribution in [0.2, 0.25) is 0 Å². The number of rotatable bonds is 6. The van der Waals surface area contributed by atoms with Crippen LogP contribution in [0.3, 0.4) is 0 Å². The summed E-state index contributed by atoms with van der Waals surface area (Å²) < 4.78 is 0. The number of fused-ring (bicyclic) bond motifs is 2. The van der Waals surface area contributed by atoms with Gasteiger partial charge in [-0.05, 0) is 43.9 Å². The van der Waals surface area contributed by atoms with Crippen LogP contribution in [-0.2, 0) is 6.42 Å². The van der Waals surface area contributed by atoms with E-state index in [1.54, 1.807) is 23.1 Å². The Labute approximate surface area is 178 Å². The zero-order valence-electron chi connectivity index (χ0n) is 17.7. The average molecular weight is 407 g/mol. The molecule has 2 aromatic rings. The number of Topliss-reactive ketones (excluding diaryl/α,β-unsaturated/α-hetero) is 1. The van der Waals surface area contributed by atoms with Crippen LogP contribution in [-0.4, -0.2) is 36.5 Å². The lowest BCUT2D eigenvalue weighted by Crippen LogP contribution is -3.21. The molecule has 0 unspecified atom stereocenters. The first-order valence-electron chi connectivity index (χ1n) is 11.2. The van der Waals surface area contributed by atoms with Crippen molar-refractivity contribution in [3.63, 3.8) is 0 Å². The van der Waals surface area contributed by atoms with Crippen molar-refractivity contribution in [2.45, 2.75) is 63.6 Å². The minimum atomic E-state index is -0.175. The Morgan fingerprint density at radius 1 is 1.00 bits per heavy atom. The van der Waals surface area contributed by atoms with Crippen LogP contribution in [0, 0.1) is 0 Å². The third-order valence-corrected chi connectivity index (χ3v) is 6.70. The standard InChI is InChI=1S/C25H31N3O2/c1-18(29)20-9-5-10-21(15-20)26-25(30)27-22-16-23-11-6-12-24(17-22)28(23)14-13-19-7-3-2-4-8-19/h2-5,7-10,15,22-24H,6,11-14,16-17H2,1H3,(H2,26,27,30)/p+1/t23-,24-/m1/s1. The summed E-state index contributed by atoms with van der Waals surface area (Å²) in [4.78, 5) is 25.8. The molecule has 0 spiro atoms. The smallest absolute Gasteiger partial charge is 0.319 e. The first-order chi connectivity index (χ1) is 14.6. The molecule has 5 heteroatoms. The molecule has 3 N–H and O–H groups in total. The van der Waals surface area contributed by atoms with E-state index in [2.05, 4.69) is 41.0 Å². The summed E-state index contributed by atoms with van der Waals surface area (Å²) in [5, 5.41) is 6.09. The molecule has 2 bridgehead atoms. The molecule has 2 fully saturated rings. The summed E-state index contributed by atoms with van der Waals surface area (Å²) in [5.41, 5.74) is 2.68. The Balaban J connectivity index is 1.32. The Kier molecular flexibility index (Phi) is 6.48. The highest BCUT2D eigenvalue weighted by Gasteiger charge is 2.41. The molecule has 0 aromatic heterocycles. The average Bonchev–Trinajstić information content (AvgIpc) is 2.73. The second-order valence-electron chi connectivity index (χ2n) is 8.79. The molecular formula is C25H32N3O2+. The van der Waals surface area contributed by atoms with E-state index in [9.17, 15) is 9.59 Å². The van der Waals surface area contributed by atoms with Crippen LogP contribution in [0.1, 0.15) is 54.9 Å². The van der Waals surface area contributed by atoms with Crippen LogP contribution < -0.4 is 15.5 Å². The summed E-state index contributed by atoms with van der Waals surface area (Å²) in [6, 6.07) is 19.2. The number of urea groups is 1. The van der Waals surface area contributed by atoms with Gasteiger partial charge in [0, 0.05) is 36.6 Å². The van der Waals surface area contributed by atoms with Crippen LogP contribution >= 0.6 is 0 Å². The van der Waals surface area contributed by atoms with Crippen molar-refractivity contribution in [1.82, 2.24) is 5.32 Å². The molecule has 4 rings (SSSR count). The number of quaternary nitrogens is 1. The van der Waals surface area contributed by atoms with Crippen molar-refractivity contribution in [3.8, 4) is 0 Å². The van der Waals surface area contributed by atoms with E-state index < -0.39 is 0 Å². The van der Waals surface area contributed by atoms with E-state index >= 15 is 0 Å². The fourth-order valence-electron chi connectivity index (χ4n) is 5.26. The maximum atomic E-state index is 12.6. The zero-order chi connectivity index (χ0) is 20.9. The van der Waals surface area contributed by atoms with E-state index in [0.29, 0.717) is 23.3 Å². The number of hydrogen-bond donors (Lipinski definition) is 3. The fraction of sp³-hybridized carbons (Fsp3) is 0.440. The normalized spacial score (nSPS) is 25.4. The number of benzene rings is 2. The van der Waals surface area contributed by atoms with Crippen molar-refractivity contribution >= 4 is 17.5 Å². The minimum Gasteiger partial charge on any atom is -0.335 e. The Morgan fingerprint density at radius 3 is 2.43 bits per heavy atom. The number of carbonyl (C=O) groups is 2. The number of anilines is 1. The van der Waals surface area contributed by atoms with Crippen molar-refractivity contribution in [2.24, 2.45) is 0 Å². The number of carbonyl (C=O) groups excluding carboxylic acids is 2. The van der Waals surface area contributed by atoms with E-state index in [-0.39, 0.29) is 17.9 Å². The van der Waals surface area contributed by atoms with Gasteiger partial charge in [0.1, 0.15) is 0 Å². The molecule has 2 atom stereocenters. The Morgan fingerprint density at radius 2 is 1.73 bits per heavy atom. The van der Waals surface area contributed by atoms with Gasteiger partial charge in [0.2, 0.25) is 0 Å². The van der Waals surface area contributed by atoms with E-state index in [4.69, 9.17) is 0 Å². The van der Waals surface area contributed by atoms with Gasteiger partial charge < -0.3 is 15.5 Å². The maximum absolute atomic E-state index is 12.6. The van der Waals surface area contributed by atoms with Gasteiger partial charge in [-0.2, -0.15) is 0 Å². The van der Waals surface area contributed by atoms with Crippen molar-refractivity contribution < 1.29 is 14.5 Å². The van der Waals surface area contributed by atoms with Crippen molar-refractivity contribution in [3.05, 3.63) is 65.7 Å². The largest absolute Gasteiger partial charge is 0.335 e. The van der Waals surface area contributed by atoms with Gasteiger partial charge >= 0.3 is 6.03 Å². The van der Waals surface area contributed by atoms with Crippen molar-refractivity contribution in [2.75, 3.05) is 11.9 Å². The first-order valence-corrected chi connectivity index (χ1v) is 11.2. The third kappa shape index (κ3) is 5.08. The molecule has 0 saturated carbocycles. The SMILES string of the molecule is CC(=O)c1cccc(NC(=O)NC2C[C@H]3CCC[C@H](C2)[NH+]3CCc2ccccc2)c1. The Bertz CT molecular complexity index is 869. The summed E-state index contributed by atoms with van der Waals surface area (Å²) in [6.07, 6.45) is 7.01. The number of nitrogens with one attached hydrogen (secondary N) is 3. The number of piperidine rings is 2. The molecule has 0 aliphatic carbocycles. The minimum absolute atomic E-state index is 0.00210. The van der Waals surface area contributed by atoms with Crippen LogP contribution in [0.5, 0.6) is 0 Å². The monoisotopic (exact) mass is 406 g/mol. The number of hydrogen-bond acceptors (Lipinski definition) is 2. The van der Waals surface area contributed by atoms with Crippen LogP contribution in [0.25, 0.3) is 0 Å². The lowest BCUT2D eigenvalue weighted by Gasteiger charge is -2.46. The lowest BCUT2D eigenvalue weighted by molar-refractivity contribution is -0.960. The molecule has 158 valence electrons. The maximum Gasteiger partial charge on any atom is 0.319 e. The van der Waals surface area contributed by atoms with E-state index in [0.717, 1.165) is 19.3 Å². The molecular weight excluding hydrogens is 374 g/mol. The molecule has 2 amide bonds. The molecule has 2 aliphatic rings. The second-order valence-corrected chi connectivity index (χ2v) is 8.79. The summed E-state index contributed by atoms with van der Waals surface area (Å²) in [6.45, 7) is 2.71. The van der Waals surface area contributed by atoms with Gasteiger partial charge in [-0.25, -0.2) is 4.79 Å². The summed E-state index contributed by atoms with van der Waals surface area (Å²) in [7, 11) is 0. The van der Waals surface area contributed by atoms with Gasteiger partial charge in [-0.3, -0.25) is 4.79 Å². The molecule has 2 aromatic carbocycles. The third-order valence-electron chi connectivity index (χ3n) is 6.70. The zero-order valence-corrected chi connectivity index (χ0v) is 17.7. The fourth-order valence-corrected chi connectivity index (χ4v) is 5.26. The molecule has 2 aliphatic heterocycles. The highest BCUT2D eigenvalue weighted by atomic mass is 16.2. The summed E-state index contributed by atoms with van der Waals surface area (Å²) in [5.74, 6) is -0.00210. The first kappa shape index (κ1) is 20.6. The quantitative estimate of drug-likeness (QED) is 0.645. The topological polar surface area (TPSA) is 62.6 Å². The van der Waals surface area contributed by atoms with Crippen LogP contribution in [0.4, 0.5) is 10.5 Å². The van der Waals surface area contributed by atoms with Crippen LogP contribution in [0.15, 0.2) is 54.6 Å². The predicted molar refractivity (Wildman–Crippen MR) is 119 cm³/mol. The molecule has 2 saturated heterocycles. The Hall–Kier alpha value is -2.66. The lowest BCUT2D eigenvalue weighted by atomic mass is 9.81. The van der Waals surface area contributed by atoms with Gasteiger partial charge in [-0.15, -0.1) is 0 Å². The highest BCUT2D eigenvalue weighted by molar-refractivity contribution is 5.96. The number of ketones is 1. The van der Waals surface area contributed by atoms with Gasteiger partial charge in [-0.1, -0.05) is 42.5 Å². The molecule has 0 radical (unpaired) electrons. The summed E-state index contributed by atoms with van der Waals surface area (Å²) >= 11 is 0. The van der Waals surface area contributed by atoms with Gasteiger partial charge in [0.25, 0.3) is 0 Å². The highest BCUT2D eigenvalue weighted by Crippen LogP contribution is 2.22. The van der Waals surface area contributed by atoms with E-state index in [1.807, 2.05) is 6.07 Å². The number of amides is 2.